The first-order valence-corrected chi connectivity index (χ1v) is 7.49. The normalized spacial score (nSPS) is 25.3. The second kappa shape index (κ2) is 5.99. The predicted molar refractivity (Wildman–Crippen MR) is 81.1 cm³/mol. The summed E-state index contributed by atoms with van der Waals surface area (Å²) >= 11 is 0. The number of nitrogens with one attached hydrogen (secondary N) is 1. The molecule has 2 aliphatic rings. The van der Waals surface area contributed by atoms with E-state index in [1.807, 2.05) is 4.90 Å². The van der Waals surface area contributed by atoms with Crippen LogP contribution >= 0.6 is 0 Å². The molecular weight excluding hydrogens is 296 g/mol. The zero-order valence-electron chi connectivity index (χ0n) is 12.9. The quantitative estimate of drug-likeness (QED) is 0.827. The molecule has 7 heteroatoms. The lowest BCUT2D eigenvalue weighted by Crippen LogP contribution is -2.47. The van der Waals surface area contributed by atoms with E-state index in [1.165, 1.54) is 4.90 Å². The van der Waals surface area contributed by atoms with E-state index in [2.05, 4.69) is 11.4 Å². The predicted octanol–water partition coefficient (Wildman–Crippen LogP) is 0.615. The van der Waals surface area contributed by atoms with Crippen LogP contribution in [-0.4, -0.2) is 54.7 Å². The van der Waals surface area contributed by atoms with E-state index in [0.29, 0.717) is 37.4 Å². The molecule has 1 aromatic rings. The van der Waals surface area contributed by atoms with Gasteiger partial charge in [0, 0.05) is 13.1 Å². The average Bonchev–Trinajstić information content (AvgIpc) is 2.80. The summed E-state index contributed by atoms with van der Waals surface area (Å²) in [7, 11) is 0. The van der Waals surface area contributed by atoms with Crippen molar-refractivity contribution in [3.8, 4) is 6.07 Å². The molecule has 0 aliphatic carbocycles. The SMILES string of the molecule is CC1(c2cccc(C#N)c2)NC(=O)N(CN2CCOCC2)C1=O. The summed E-state index contributed by atoms with van der Waals surface area (Å²) < 4.78 is 5.28. The van der Waals surface area contributed by atoms with E-state index in [1.54, 1.807) is 31.2 Å². The van der Waals surface area contributed by atoms with Crippen LogP contribution in [0.3, 0.4) is 0 Å². The number of hydrogen-bond donors (Lipinski definition) is 1. The van der Waals surface area contributed by atoms with Crippen LogP contribution in [0.25, 0.3) is 0 Å². The number of hydrogen-bond acceptors (Lipinski definition) is 5. The molecule has 3 amide bonds. The second-order valence-electron chi connectivity index (χ2n) is 5.85. The van der Waals surface area contributed by atoms with Gasteiger partial charge < -0.3 is 10.1 Å². The molecule has 3 rings (SSSR count). The third-order valence-corrected chi connectivity index (χ3v) is 4.29. The number of carbonyl (C=O) groups excluding carboxylic acids is 2. The van der Waals surface area contributed by atoms with Crippen LogP contribution in [0.1, 0.15) is 18.1 Å². The zero-order chi connectivity index (χ0) is 16.4. The summed E-state index contributed by atoms with van der Waals surface area (Å²) in [6.07, 6.45) is 0. The van der Waals surface area contributed by atoms with Gasteiger partial charge in [-0.2, -0.15) is 5.26 Å². The number of ether oxygens (including phenoxy) is 1. The monoisotopic (exact) mass is 314 g/mol. The fourth-order valence-electron chi connectivity index (χ4n) is 2.86. The Morgan fingerprint density at radius 3 is 2.78 bits per heavy atom. The van der Waals surface area contributed by atoms with Crippen molar-refractivity contribution in [3.05, 3.63) is 35.4 Å². The molecule has 1 atom stereocenters. The van der Waals surface area contributed by atoms with Gasteiger partial charge in [-0.3, -0.25) is 9.69 Å². The lowest BCUT2D eigenvalue weighted by atomic mass is 9.91. The van der Waals surface area contributed by atoms with E-state index >= 15 is 0 Å². The molecule has 0 spiro atoms. The van der Waals surface area contributed by atoms with Crippen LogP contribution in [0.15, 0.2) is 24.3 Å². The van der Waals surface area contributed by atoms with Crippen LogP contribution < -0.4 is 5.32 Å². The molecule has 23 heavy (non-hydrogen) atoms. The van der Waals surface area contributed by atoms with Crippen LogP contribution in [0, 0.1) is 11.3 Å². The van der Waals surface area contributed by atoms with E-state index in [4.69, 9.17) is 10.00 Å². The molecule has 2 fully saturated rings. The number of amides is 3. The highest BCUT2D eigenvalue weighted by molar-refractivity contribution is 6.07. The summed E-state index contributed by atoms with van der Waals surface area (Å²) in [6, 6.07) is 8.40. The van der Waals surface area contributed by atoms with Crippen molar-refractivity contribution in [3.63, 3.8) is 0 Å². The number of nitrogens with zero attached hydrogens (tertiary/aromatic N) is 3. The summed E-state index contributed by atoms with van der Waals surface area (Å²) in [5.41, 5.74) is -0.0762. The molecule has 120 valence electrons. The Balaban J connectivity index is 1.83. The van der Waals surface area contributed by atoms with Crippen LogP contribution in [0.5, 0.6) is 0 Å². The summed E-state index contributed by atoms with van der Waals surface area (Å²) in [4.78, 5) is 28.3. The average molecular weight is 314 g/mol. The zero-order valence-corrected chi connectivity index (χ0v) is 12.9. The van der Waals surface area contributed by atoms with Crippen molar-refractivity contribution >= 4 is 11.9 Å². The smallest absolute Gasteiger partial charge is 0.326 e. The Bertz CT molecular complexity index is 678. The van der Waals surface area contributed by atoms with Gasteiger partial charge in [0.2, 0.25) is 0 Å². The summed E-state index contributed by atoms with van der Waals surface area (Å²) in [5, 5.41) is 11.8. The minimum Gasteiger partial charge on any atom is -0.379 e. The highest BCUT2D eigenvalue weighted by atomic mass is 16.5. The van der Waals surface area contributed by atoms with Crippen molar-refractivity contribution in [2.24, 2.45) is 0 Å². The molecular formula is C16H18N4O3. The number of nitriles is 1. The Morgan fingerprint density at radius 2 is 2.09 bits per heavy atom. The fraction of sp³-hybridized carbons (Fsp3) is 0.438. The number of carbonyl (C=O) groups is 2. The van der Waals surface area contributed by atoms with Crippen molar-refractivity contribution in [2.45, 2.75) is 12.5 Å². The molecule has 1 N–H and O–H groups in total. The van der Waals surface area contributed by atoms with Gasteiger partial charge in [-0.25, -0.2) is 9.69 Å². The molecule has 0 aromatic heterocycles. The summed E-state index contributed by atoms with van der Waals surface area (Å²) in [6.45, 7) is 4.51. The van der Waals surface area contributed by atoms with E-state index in [0.717, 1.165) is 0 Å². The van der Waals surface area contributed by atoms with Crippen LogP contribution in [-0.2, 0) is 15.1 Å². The van der Waals surface area contributed by atoms with Gasteiger partial charge in [0.25, 0.3) is 5.91 Å². The minimum absolute atomic E-state index is 0.252. The van der Waals surface area contributed by atoms with Gasteiger partial charge in [0.1, 0.15) is 5.54 Å². The molecule has 0 bridgehead atoms. The Kier molecular flexibility index (Phi) is 4.03. The van der Waals surface area contributed by atoms with E-state index < -0.39 is 11.6 Å². The fourth-order valence-corrected chi connectivity index (χ4v) is 2.86. The number of rotatable bonds is 3. The molecule has 0 radical (unpaired) electrons. The van der Waals surface area contributed by atoms with Gasteiger partial charge in [-0.1, -0.05) is 12.1 Å². The number of morpholine rings is 1. The Labute approximate surface area is 134 Å². The first-order valence-electron chi connectivity index (χ1n) is 7.49. The maximum Gasteiger partial charge on any atom is 0.326 e. The highest BCUT2D eigenvalue weighted by Gasteiger charge is 2.49. The molecule has 2 saturated heterocycles. The molecule has 2 aliphatic heterocycles. The van der Waals surface area contributed by atoms with Crippen LogP contribution in [0.4, 0.5) is 4.79 Å². The Hall–Kier alpha value is -2.43. The van der Waals surface area contributed by atoms with Gasteiger partial charge >= 0.3 is 6.03 Å². The lowest BCUT2D eigenvalue weighted by molar-refractivity contribution is -0.133. The van der Waals surface area contributed by atoms with Crippen molar-refractivity contribution in [1.29, 1.82) is 5.26 Å². The molecule has 1 unspecified atom stereocenters. The molecule has 7 nitrogen and oxygen atoms in total. The third kappa shape index (κ3) is 2.79. The first-order chi connectivity index (χ1) is 11.0. The van der Waals surface area contributed by atoms with Crippen molar-refractivity contribution in [1.82, 2.24) is 15.1 Å². The minimum atomic E-state index is -1.14. The van der Waals surface area contributed by atoms with Gasteiger partial charge in [0.05, 0.1) is 31.5 Å². The van der Waals surface area contributed by atoms with Gasteiger partial charge in [-0.05, 0) is 24.6 Å². The third-order valence-electron chi connectivity index (χ3n) is 4.29. The van der Waals surface area contributed by atoms with Gasteiger partial charge in [-0.15, -0.1) is 0 Å². The topological polar surface area (TPSA) is 85.7 Å². The van der Waals surface area contributed by atoms with E-state index in [9.17, 15) is 9.59 Å². The molecule has 2 heterocycles. The number of imide groups is 1. The van der Waals surface area contributed by atoms with Crippen LogP contribution in [0.2, 0.25) is 0 Å². The van der Waals surface area contributed by atoms with E-state index in [-0.39, 0.29) is 12.6 Å². The number of benzene rings is 1. The molecule has 1 aromatic carbocycles. The van der Waals surface area contributed by atoms with Crippen molar-refractivity contribution < 1.29 is 14.3 Å². The van der Waals surface area contributed by atoms with Crippen molar-refractivity contribution in [2.75, 3.05) is 33.0 Å². The maximum atomic E-state index is 12.8. The number of urea groups is 1. The first kappa shape index (κ1) is 15.5. The molecule has 0 saturated carbocycles. The lowest BCUT2D eigenvalue weighted by Gasteiger charge is -2.30. The van der Waals surface area contributed by atoms with Gasteiger partial charge in [0.15, 0.2) is 0 Å². The Morgan fingerprint density at radius 1 is 1.35 bits per heavy atom. The highest BCUT2D eigenvalue weighted by Crippen LogP contribution is 2.29. The largest absolute Gasteiger partial charge is 0.379 e. The standard InChI is InChI=1S/C16H18N4O3/c1-16(13-4-2-3-12(9-13)10-17)14(21)20(15(22)18-16)11-19-5-7-23-8-6-19/h2-4,9H,5-8,11H2,1H3,(H,18,22). The summed E-state index contributed by atoms with van der Waals surface area (Å²) in [5.74, 6) is -0.302. The maximum absolute atomic E-state index is 12.8. The second-order valence-corrected chi connectivity index (χ2v) is 5.85.